The number of carbonyl (C=O) groups is 1. The van der Waals surface area contributed by atoms with Crippen LogP contribution in [0, 0.1) is 5.92 Å². The molecule has 0 spiro atoms. The Hall–Kier alpha value is -3.01. The van der Waals surface area contributed by atoms with Crippen LogP contribution >= 0.6 is 0 Å². The third-order valence-corrected chi connectivity index (χ3v) is 5.81. The zero-order valence-electron chi connectivity index (χ0n) is 17.1. The summed E-state index contributed by atoms with van der Waals surface area (Å²) in [6, 6.07) is 22.8. The molecular weight excluding hydrogens is 360 g/mol. The fraction of sp³-hybridized carbons (Fsp3) is 0.320. The molecule has 150 valence electrons. The summed E-state index contributed by atoms with van der Waals surface area (Å²) in [5.74, 6) is 1.48. The quantitative estimate of drug-likeness (QED) is 0.592. The van der Waals surface area contributed by atoms with Crippen LogP contribution in [0.5, 0.6) is 5.75 Å². The lowest BCUT2D eigenvalue weighted by molar-refractivity contribution is 0.167. The van der Waals surface area contributed by atoms with Gasteiger partial charge in [-0.05, 0) is 65.8 Å². The second-order valence-electron chi connectivity index (χ2n) is 7.90. The molecule has 1 atom stereocenters. The molecule has 1 fully saturated rings. The lowest BCUT2D eigenvalue weighted by Gasteiger charge is -2.30. The Bertz CT molecular complexity index is 983. The number of amides is 2. The average molecular weight is 389 g/mol. The lowest BCUT2D eigenvalue weighted by Crippen LogP contribution is -2.45. The largest absolute Gasteiger partial charge is 0.497 e. The van der Waals surface area contributed by atoms with Crippen molar-refractivity contribution in [3.05, 3.63) is 77.9 Å². The molecule has 0 aliphatic heterocycles. The first-order valence-electron chi connectivity index (χ1n) is 10.3. The van der Waals surface area contributed by atoms with Gasteiger partial charge in [0, 0.05) is 19.1 Å². The molecule has 0 bridgehead atoms. The maximum atomic E-state index is 13.0. The molecule has 3 aromatic carbocycles. The van der Waals surface area contributed by atoms with Crippen molar-refractivity contribution < 1.29 is 9.53 Å². The number of ether oxygens (including phenoxy) is 1. The molecule has 1 aliphatic carbocycles. The molecule has 0 aromatic heterocycles. The minimum atomic E-state index is 0.00285. The molecule has 4 nitrogen and oxygen atoms in total. The first-order valence-corrected chi connectivity index (χ1v) is 10.3. The minimum Gasteiger partial charge on any atom is -0.497 e. The van der Waals surface area contributed by atoms with E-state index in [0.29, 0.717) is 19.0 Å². The summed E-state index contributed by atoms with van der Waals surface area (Å²) in [6.07, 6.45) is 2.43. The number of carbonyl (C=O) groups excluding carboxylic acids is 1. The molecule has 1 N–H and O–H groups in total. The molecule has 29 heavy (non-hydrogen) atoms. The van der Waals surface area contributed by atoms with Crippen molar-refractivity contribution in [2.24, 2.45) is 5.92 Å². The van der Waals surface area contributed by atoms with Gasteiger partial charge >= 0.3 is 6.03 Å². The second-order valence-corrected chi connectivity index (χ2v) is 7.90. The first kappa shape index (κ1) is 19.3. The van der Waals surface area contributed by atoms with Crippen LogP contribution in [0.25, 0.3) is 10.8 Å². The summed E-state index contributed by atoms with van der Waals surface area (Å²) in [6.45, 7) is 3.33. The van der Waals surface area contributed by atoms with Gasteiger partial charge in [-0.3, -0.25) is 0 Å². The maximum Gasteiger partial charge on any atom is 0.318 e. The summed E-state index contributed by atoms with van der Waals surface area (Å²) in [4.78, 5) is 15.0. The second kappa shape index (κ2) is 8.56. The number of nitrogens with one attached hydrogen (secondary N) is 1. The van der Waals surface area contributed by atoms with Crippen molar-refractivity contribution in [2.45, 2.75) is 38.9 Å². The topological polar surface area (TPSA) is 41.6 Å². The first-order chi connectivity index (χ1) is 14.1. The Morgan fingerprint density at radius 3 is 2.48 bits per heavy atom. The van der Waals surface area contributed by atoms with Crippen molar-refractivity contribution in [1.29, 1.82) is 0 Å². The number of rotatable bonds is 7. The van der Waals surface area contributed by atoms with Gasteiger partial charge in [0.15, 0.2) is 0 Å². The molecular formula is C25H28N2O2. The third-order valence-electron chi connectivity index (χ3n) is 5.81. The van der Waals surface area contributed by atoms with Gasteiger partial charge in [-0.2, -0.15) is 0 Å². The smallest absolute Gasteiger partial charge is 0.318 e. The minimum absolute atomic E-state index is 0.00285. The van der Waals surface area contributed by atoms with E-state index in [0.717, 1.165) is 27.6 Å². The van der Waals surface area contributed by atoms with Gasteiger partial charge in [0.25, 0.3) is 0 Å². The molecule has 1 aliphatic rings. The number of nitrogens with zero attached hydrogens (tertiary/aromatic N) is 1. The molecule has 0 heterocycles. The summed E-state index contributed by atoms with van der Waals surface area (Å²) in [7, 11) is 1.68. The molecule has 0 saturated heterocycles. The van der Waals surface area contributed by atoms with Crippen LogP contribution in [0.1, 0.15) is 30.9 Å². The Kier molecular flexibility index (Phi) is 5.70. The van der Waals surface area contributed by atoms with Crippen LogP contribution in [-0.2, 0) is 13.1 Å². The highest BCUT2D eigenvalue weighted by Crippen LogP contribution is 2.35. The van der Waals surface area contributed by atoms with E-state index in [1.165, 1.54) is 12.8 Å². The summed E-state index contributed by atoms with van der Waals surface area (Å²) in [5, 5.41) is 5.41. The van der Waals surface area contributed by atoms with Gasteiger partial charge < -0.3 is 15.0 Å². The van der Waals surface area contributed by atoms with E-state index in [9.17, 15) is 4.79 Å². The highest BCUT2D eigenvalue weighted by molar-refractivity contribution is 5.84. The van der Waals surface area contributed by atoms with E-state index in [-0.39, 0.29) is 12.1 Å². The van der Waals surface area contributed by atoms with E-state index in [2.05, 4.69) is 48.6 Å². The molecule has 0 radical (unpaired) electrons. The van der Waals surface area contributed by atoms with Crippen LogP contribution in [-0.4, -0.2) is 24.1 Å². The van der Waals surface area contributed by atoms with E-state index in [1.807, 2.05) is 35.2 Å². The predicted molar refractivity (Wildman–Crippen MR) is 117 cm³/mol. The van der Waals surface area contributed by atoms with Gasteiger partial charge in [0.2, 0.25) is 0 Å². The Morgan fingerprint density at radius 2 is 1.76 bits per heavy atom. The zero-order valence-corrected chi connectivity index (χ0v) is 17.1. The standard InChI is InChI=1S/C25H28N2O2/c1-18(21-10-11-21)27(17-19-6-4-3-5-7-19)25(28)26-16-20-8-9-23-15-24(29-2)13-12-22(23)14-20/h3-9,12-15,18,21H,10-11,16-17H2,1-2H3,(H,26,28)/t18-/m0/s1. The fourth-order valence-corrected chi connectivity index (χ4v) is 3.80. The summed E-state index contributed by atoms with van der Waals surface area (Å²) in [5.41, 5.74) is 2.25. The molecule has 1 saturated carbocycles. The van der Waals surface area contributed by atoms with Crippen LogP contribution in [0.2, 0.25) is 0 Å². The Balaban J connectivity index is 1.45. The van der Waals surface area contributed by atoms with Crippen molar-refractivity contribution in [1.82, 2.24) is 10.2 Å². The van der Waals surface area contributed by atoms with Crippen molar-refractivity contribution in [2.75, 3.05) is 7.11 Å². The fourth-order valence-electron chi connectivity index (χ4n) is 3.80. The number of benzene rings is 3. The Labute approximate surface area is 172 Å². The van der Waals surface area contributed by atoms with E-state index in [4.69, 9.17) is 4.74 Å². The Morgan fingerprint density at radius 1 is 1.03 bits per heavy atom. The molecule has 4 heteroatoms. The van der Waals surface area contributed by atoms with Crippen LogP contribution in [0.4, 0.5) is 4.79 Å². The number of fused-ring (bicyclic) bond motifs is 1. The van der Waals surface area contributed by atoms with Gasteiger partial charge in [-0.1, -0.05) is 48.5 Å². The number of hydrogen-bond donors (Lipinski definition) is 1. The van der Waals surface area contributed by atoms with Crippen LogP contribution < -0.4 is 10.1 Å². The van der Waals surface area contributed by atoms with Crippen molar-refractivity contribution >= 4 is 16.8 Å². The number of urea groups is 1. The van der Waals surface area contributed by atoms with Crippen LogP contribution in [0.15, 0.2) is 66.7 Å². The zero-order chi connectivity index (χ0) is 20.2. The van der Waals surface area contributed by atoms with Gasteiger partial charge in [0.05, 0.1) is 7.11 Å². The normalized spacial score (nSPS) is 14.4. The summed E-state index contributed by atoms with van der Waals surface area (Å²) < 4.78 is 5.29. The van der Waals surface area contributed by atoms with Crippen molar-refractivity contribution in [3.8, 4) is 5.75 Å². The van der Waals surface area contributed by atoms with Gasteiger partial charge in [0.1, 0.15) is 5.75 Å². The van der Waals surface area contributed by atoms with Gasteiger partial charge in [-0.15, -0.1) is 0 Å². The molecule has 0 unspecified atom stereocenters. The predicted octanol–water partition coefficient (Wildman–Crippen LogP) is 5.36. The van der Waals surface area contributed by atoms with E-state index in [1.54, 1.807) is 7.11 Å². The molecule has 4 rings (SSSR count). The highest BCUT2D eigenvalue weighted by Gasteiger charge is 2.34. The highest BCUT2D eigenvalue weighted by atomic mass is 16.5. The monoisotopic (exact) mass is 388 g/mol. The van der Waals surface area contributed by atoms with Crippen molar-refractivity contribution in [3.63, 3.8) is 0 Å². The van der Waals surface area contributed by atoms with E-state index >= 15 is 0 Å². The average Bonchev–Trinajstić information content (AvgIpc) is 3.61. The van der Waals surface area contributed by atoms with E-state index < -0.39 is 0 Å². The molecule has 2 amide bonds. The van der Waals surface area contributed by atoms with Gasteiger partial charge in [-0.25, -0.2) is 4.79 Å². The summed E-state index contributed by atoms with van der Waals surface area (Å²) >= 11 is 0. The lowest BCUT2D eigenvalue weighted by atomic mass is 10.1. The SMILES string of the molecule is COc1ccc2cc(CNC(=O)N(Cc3ccccc3)[C@@H](C)C3CC3)ccc2c1. The van der Waals surface area contributed by atoms with Crippen LogP contribution in [0.3, 0.4) is 0 Å². The molecule has 3 aromatic rings. The number of hydrogen-bond acceptors (Lipinski definition) is 2. The maximum absolute atomic E-state index is 13.0. The third kappa shape index (κ3) is 4.70. The number of methoxy groups -OCH3 is 1.